The minimum atomic E-state index is 1.13. The Morgan fingerprint density at radius 3 is 1.88 bits per heavy atom. The Kier molecular flexibility index (Phi) is 13.5. The van der Waals surface area contributed by atoms with Crippen molar-refractivity contribution in [3.05, 3.63) is 30.4 Å². The largest absolute Gasteiger partial charge is 0.338 e. The van der Waals surface area contributed by atoms with Gasteiger partial charge in [0, 0.05) is 25.9 Å². The zero-order chi connectivity index (χ0) is 17.3. The Morgan fingerprint density at radius 1 is 0.792 bits per heavy atom. The number of unbranched alkanes of at least 4 members (excludes halogenated alkanes) is 12. The molecule has 0 aliphatic heterocycles. The highest BCUT2D eigenvalue weighted by Gasteiger charge is 1.98. The molecule has 2 heteroatoms. The van der Waals surface area contributed by atoms with Gasteiger partial charge < -0.3 is 4.57 Å². The molecule has 0 radical (unpaired) electrons. The molecule has 1 aromatic heterocycles. The van der Waals surface area contributed by atoms with Crippen LogP contribution in [0.2, 0.25) is 0 Å². The van der Waals surface area contributed by atoms with Crippen LogP contribution in [0, 0.1) is 0 Å². The van der Waals surface area contributed by atoms with Gasteiger partial charge in [-0.05, 0) is 32.1 Å². The molecule has 0 aliphatic rings. The summed E-state index contributed by atoms with van der Waals surface area (Å²) in [6.07, 6.45) is 29.1. The second kappa shape index (κ2) is 15.5. The Balaban J connectivity index is 1.77. The van der Waals surface area contributed by atoms with Crippen LogP contribution in [0.1, 0.15) is 103 Å². The molecule has 1 heterocycles. The zero-order valence-electron chi connectivity index (χ0n) is 16.3. The molecule has 0 amide bonds. The summed E-state index contributed by atoms with van der Waals surface area (Å²) in [7, 11) is 2.09. The predicted molar refractivity (Wildman–Crippen MR) is 106 cm³/mol. The van der Waals surface area contributed by atoms with Gasteiger partial charge in [-0.15, -0.1) is 0 Å². The molecule has 0 atom stereocenters. The van der Waals surface area contributed by atoms with Gasteiger partial charge >= 0.3 is 0 Å². The van der Waals surface area contributed by atoms with E-state index in [1.807, 2.05) is 12.4 Å². The van der Waals surface area contributed by atoms with Gasteiger partial charge in [-0.1, -0.05) is 76.9 Å². The number of imidazole rings is 1. The molecule has 0 spiro atoms. The van der Waals surface area contributed by atoms with Gasteiger partial charge in [0.1, 0.15) is 5.82 Å². The lowest BCUT2D eigenvalue weighted by Gasteiger charge is -2.02. The Bertz CT molecular complexity index is 406. The fraction of sp³-hybridized carbons (Fsp3) is 0.773. The summed E-state index contributed by atoms with van der Waals surface area (Å²) in [5.74, 6) is 1.23. The van der Waals surface area contributed by atoms with Crippen LogP contribution in [0.5, 0.6) is 0 Å². The Morgan fingerprint density at radius 2 is 1.33 bits per heavy atom. The van der Waals surface area contributed by atoms with Crippen molar-refractivity contribution in [3.8, 4) is 0 Å². The second-order valence-electron chi connectivity index (χ2n) is 7.14. The highest BCUT2D eigenvalue weighted by Crippen LogP contribution is 2.11. The van der Waals surface area contributed by atoms with E-state index in [1.54, 1.807) is 0 Å². The molecule has 1 aromatic rings. The van der Waals surface area contributed by atoms with E-state index in [2.05, 4.69) is 35.7 Å². The van der Waals surface area contributed by atoms with E-state index in [4.69, 9.17) is 0 Å². The first-order valence-corrected chi connectivity index (χ1v) is 10.5. The van der Waals surface area contributed by atoms with Crippen molar-refractivity contribution in [2.24, 2.45) is 7.05 Å². The van der Waals surface area contributed by atoms with Crippen molar-refractivity contribution in [2.75, 3.05) is 0 Å². The smallest absolute Gasteiger partial charge is 0.108 e. The number of rotatable bonds is 16. The van der Waals surface area contributed by atoms with E-state index in [-0.39, 0.29) is 0 Å². The van der Waals surface area contributed by atoms with Crippen LogP contribution in [-0.4, -0.2) is 9.55 Å². The monoisotopic (exact) mass is 332 g/mol. The number of nitrogens with zero attached hydrogens (tertiary/aromatic N) is 2. The van der Waals surface area contributed by atoms with E-state index >= 15 is 0 Å². The molecule has 0 aliphatic carbocycles. The number of hydrogen-bond acceptors (Lipinski definition) is 1. The first kappa shape index (κ1) is 21.0. The van der Waals surface area contributed by atoms with E-state index in [0.717, 1.165) is 6.42 Å². The highest BCUT2D eigenvalue weighted by molar-refractivity contribution is 4.90. The molecule has 2 nitrogen and oxygen atoms in total. The van der Waals surface area contributed by atoms with E-state index in [9.17, 15) is 0 Å². The van der Waals surface area contributed by atoms with Crippen LogP contribution in [0.4, 0.5) is 0 Å². The molecule has 24 heavy (non-hydrogen) atoms. The summed E-state index contributed by atoms with van der Waals surface area (Å²) < 4.78 is 2.14. The van der Waals surface area contributed by atoms with E-state index in [1.165, 1.54) is 95.7 Å². The van der Waals surface area contributed by atoms with Gasteiger partial charge in [-0.25, -0.2) is 4.98 Å². The molecule has 138 valence electrons. The van der Waals surface area contributed by atoms with Gasteiger partial charge in [0.2, 0.25) is 0 Å². The SMILES string of the molecule is CCCCCCCCC=CCCCCCCCCc1nccn1C. The maximum absolute atomic E-state index is 4.38. The first-order chi connectivity index (χ1) is 11.8. The molecule has 0 aromatic carbocycles. The average molecular weight is 333 g/mol. The molecule has 1 rings (SSSR count). The lowest BCUT2D eigenvalue weighted by molar-refractivity contribution is 0.586. The summed E-state index contributed by atoms with van der Waals surface area (Å²) in [5, 5.41) is 0. The van der Waals surface area contributed by atoms with Crippen molar-refractivity contribution >= 4 is 0 Å². The molecule has 0 N–H and O–H groups in total. The van der Waals surface area contributed by atoms with Crippen LogP contribution >= 0.6 is 0 Å². The second-order valence-corrected chi connectivity index (χ2v) is 7.14. The Labute approximate surface area is 150 Å². The summed E-state index contributed by atoms with van der Waals surface area (Å²) in [5.41, 5.74) is 0. The standard InChI is InChI=1S/C22H40N2/c1-3-4-5-6-7-8-9-10-11-12-13-14-15-16-17-18-19-22-23-20-21-24(22)2/h10-11,20-21H,3-9,12-19H2,1-2H3. The number of aromatic nitrogens is 2. The van der Waals surface area contributed by atoms with Gasteiger partial charge in [0.05, 0.1) is 0 Å². The van der Waals surface area contributed by atoms with Gasteiger partial charge in [-0.3, -0.25) is 0 Å². The first-order valence-electron chi connectivity index (χ1n) is 10.5. The van der Waals surface area contributed by atoms with Crippen molar-refractivity contribution in [1.82, 2.24) is 9.55 Å². The van der Waals surface area contributed by atoms with Gasteiger partial charge in [0.15, 0.2) is 0 Å². The average Bonchev–Trinajstić information content (AvgIpc) is 2.99. The van der Waals surface area contributed by atoms with Crippen LogP contribution in [-0.2, 0) is 13.5 Å². The molecular weight excluding hydrogens is 292 g/mol. The molecule has 0 bridgehead atoms. The number of hydrogen-bond donors (Lipinski definition) is 0. The van der Waals surface area contributed by atoms with E-state index < -0.39 is 0 Å². The lowest BCUT2D eigenvalue weighted by atomic mass is 10.1. The topological polar surface area (TPSA) is 17.8 Å². The third-order valence-electron chi connectivity index (χ3n) is 4.83. The van der Waals surface area contributed by atoms with Gasteiger partial charge in [-0.2, -0.15) is 0 Å². The van der Waals surface area contributed by atoms with Crippen molar-refractivity contribution in [3.63, 3.8) is 0 Å². The normalized spacial score (nSPS) is 11.6. The quantitative estimate of drug-likeness (QED) is 0.235. The molecule has 0 saturated carbocycles. The van der Waals surface area contributed by atoms with Crippen molar-refractivity contribution < 1.29 is 0 Å². The maximum atomic E-state index is 4.38. The summed E-state index contributed by atoms with van der Waals surface area (Å²) in [4.78, 5) is 4.38. The molecule has 0 fully saturated rings. The zero-order valence-corrected chi connectivity index (χ0v) is 16.3. The third-order valence-corrected chi connectivity index (χ3v) is 4.83. The number of allylic oxidation sites excluding steroid dienone is 2. The Hall–Kier alpha value is -1.05. The molecule has 0 saturated heterocycles. The minimum Gasteiger partial charge on any atom is -0.338 e. The minimum absolute atomic E-state index is 1.13. The number of aryl methyl sites for hydroxylation is 2. The van der Waals surface area contributed by atoms with Crippen molar-refractivity contribution in [2.45, 2.75) is 103 Å². The van der Waals surface area contributed by atoms with Gasteiger partial charge in [0.25, 0.3) is 0 Å². The lowest BCUT2D eigenvalue weighted by Crippen LogP contribution is -1.96. The fourth-order valence-corrected chi connectivity index (χ4v) is 3.17. The van der Waals surface area contributed by atoms with Crippen LogP contribution in [0.25, 0.3) is 0 Å². The highest BCUT2D eigenvalue weighted by atomic mass is 15.0. The van der Waals surface area contributed by atoms with Crippen LogP contribution < -0.4 is 0 Å². The molecular formula is C22H40N2. The van der Waals surface area contributed by atoms with Crippen molar-refractivity contribution in [1.29, 1.82) is 0 Å². The van der Waals surface area contributed by atoms with Crippen LogP contribution in [0.15, 0.2) is 24.5 Å². The van der Waals surface area contributed by atoms with E-state index in [0.29, 0.717) is 0 Å². The summed E-state index contributed by atoms with van der Waals surface area (Å²) in [6, 6.07) is 0. The van der Waals surface area contributed by atoms with Crippen LogP contribution in [0.3, 0.4) is 0 Å². The third kappa shape index (κ3) is 11.5. The molecule has 0 unspecified atom stereocenters. The maximum Gasteiger partial charge on any atom is 0.108 e. The predicted octanol–water partition coefficient (Wildman–Crippen LogP) is 7.00. The fourth-order valence-electron chi connectivity index (χ4n) is 3.17. The summed E-state index contributed by atoms with van der Waals surface area (Å²) in [6.45, 7) is 2.28. The summed E-state index contributed by atoms with van der Waals surface area (Å²) >= 11 is 0.